The number of furan rings is 1. The molecule has 0 spiro atoms. The van der Waals surface area contributed by atoms with Gasteiger partial charge in [-0.2, -0.15) is 0 Å². The summed E-state index contributed by atoms with van der Waals surface area (Å²) in [7, 11) is 1.41. The Labute approximate surface area is 182 Å². The maximum atomic E-state index is 13.3. The van der Waals surface area contributed by atoms with Crippen LogP contribution < -0.4 is 4.74 Å². The van der Waals surface area contributed by atoms with Crippen molar-refractivity contribution in [1.29, 1.82) is 0 Å². The predicted molar refractivity (Wildman–Crippen MR) is 111 cm³/mol. The van der Waals surface area contributed by atoms with Gasteiger partial charge in [0.2, 0.25) is 0 Å². The van der Waals surface area contributed by atoms with Crippen LogP contribution in [0.15, 0.2) is 70.9 Å². The number of likely N-dealkylation sites (tertiary alicyclic amines) is 1. The van der Waals surface area contributed by atoms with Gasteiger partial charge in [-0.25, -0.2) is 4.39 Å². The summed E-state index contributed by atoms with van der Waals surface area (Å²) < 4.78 is 24.1. The number of methoxy groups -OCH3 is 1. The second-order valence-corrected chi connectivity index (χ2v) is 7.35. The number of ketones is 1. The van der Waals surface area contributed by atoms with Gasteiger partial charge in [-0.3, -0.25) is 9.59 Å². The minimum Gasteiger partial charge on any atom is -0.507 e. The Hall–Kier alpha value is -3.58. The normalized spacial score (nSPS) is 17.9. The molecule has 1 amide bonds. The summed E-state index contributed by atoms with van der Waals surface area (Å²) in [5.74, 6) is -1.95. The number of ether oxygens (including phenoxy) is 1. The number of carbonyl (C=O) groups excluding carboxylic acids is 2. The van der Waals surface area contributed by atoms with E-state index in [4.69, 9.17) is 20.8 Å². The third kappa shape index (κ3) is 3.80. The molecule has 1 atom stereocenters. The highest BCUT2D eigenvalue weighted by molar-refractivity contribution is 6.46. The standard InChI is InChI=1S/C23H17ClFNO5/c1-30-17-9-6-14(24)11-16(17)21(27)19-20(18-3-2-10-31-18)26(23(29)22(19)28)12-13-4-7-15(25)8-5-13/h2-11,20,27H,12H2,1H3/b21-19-. The largest absolute Gasteiger partial charge is 0.507 e. The molecule has 158 valence electrons. The number of nitrogens with zero attached hydrogens (tertiary/aromatic N) is 1. The average Bonchev–Trinajstić information content (AvgIpc) is 3.37. The Morgan fingerprint density at radius 1 is 1.19 bits per heavy atom. The quantitative estimate of drug-likeness (QED) is 0.352. The number of rotatable bonds is 5. The molecule has 8 heteroatoms. The monoisotopic (exact) mass is 441 g/mol. The van der Waals surface area contributed by atoms with Crippen LogP contribution in [0.4, 0.5) is 4.39 Å². The lowest BCUT2D eigenvalue weighted by molar-refractivity contribution is -0.140. The lowest BCUT2D eigenvalue weighted by Crippen LogP contribution is -2.29. The van der Waals surface area contributed by atoms with Crippen LogP contribution in [0.2, 0.25) is 5.02 Å². The lowest BCUT2D eigenvalue weighted by atomic mass is 9.98. The van der Waals surface area contributed by atoms with Gasteiger partial charge in [0.05, 0.1) is 24.5 Å². The van der Waals surface area contributed by atoms with E-state index in [1.165, 1.54) is 48.6 Å². The SMILES string of the molecule is COc1ccc(Cl)cc1/C(O)=C1/C(=O)C(=O)N(Cc2ccc(F)cc2)C1c1ccco1. The van der Waals surface area contributed by atoms with E-state index in [-0.39, 0.29) is 23.4 Å². The van der Waals surface area contributed by atoms with Crippen LogP contribution >= 0.6 is 11.6 Å². The molecule has 31 heavy (non-hydrogen) atoms. The molecule has 0 radical (unpaired) electrons. The van der Waals surface area contributed by atoms with E-state index in [1.54, 1.807) is 24.3 Å². The Morgan fingerprint density at radius 2 is 1.94 bits per heavy atom. The summed E-state index contributed by atoms with van der Waals surface area (Å²) in [5.41, 5.74) is 0.633. The Kier molecular flexibility index (Phi) is 5.52. The zero-order valence-corrected chi connectivity index (χ0v) is 17.1. The number of carbonyl (C=O) groups is 2. The fourth-order valence-electron chi connectivity index (χ4n) is 3.58. The van der Waals surface area contributed by atoms with Crippen LogP contribution in [0.25, 0.3) is 5.76 Å². The number of hydrogen-bond donors (Lipinski definition) is 1. The van der Waals surface area contributed by atoms with Crippen LogP contribution in [-0.2, 0) is 16.1 Å². The van der Waals surface area contributed by atoms with Crippen LogP contribution in [-0.4, -0.2) is 28.8 Å². The van der Waals surface area contributed by atoms with Crippen LogP contribution in [0.3, 0.4) is 0 Å². The number of benzene rings is 2. The van der Waals surface area contributed by atoms with Crippen LogP contribution in [0.5, 0.6) is 5.75 Å². The first-order valence-electron chi connectivity index (χ1n) is 9.31. The molecule has 1 saturated heterocycles. The first-order chi connectivity index (χ1) is 14.9. The van der Waals surface area contributed by atoms with E-state index in [2.05, 4.69) is 0 Å². The van der Waals surface area contributed by atoms with E-state index >= 15 is 0 Å². The highest BCUT2D eigenvalue weighted by Crippen LogP contribution is 2.42. The molecule has 0 bridgehead atoms. The van der Waals surface area contributed by atoms with Crippen molar-refractivity contribution in [2.75, 3.05) is 7.11 Å². The summed E-state index contributed by atoms with van der Waals surface area (Å²) in [6, 6.07) is 12.4. The molecule has 1 unspecified atom stereocenters. The van der Waals surface area contributed by atoms with Crippen molar-refractivity contribution in [2.24, 2.45) is 0 Å². The van der Waals surface area contributed by atoms with Crippen molar-refractivity contribution < 1.29 is 28.2 Å². The zero-order valence-electron chi connectivity index (χ0n) is 16.3. The first kappa shape index (κ1) is 20.7. The van der Waals surface area contributed by atoms with Gasteiger partial charge in [0.15, 0.2) is 0 Å². The molecule has 2 aromatic carbocycles. The van der Waals surface area contributed by atoms with Crippen molar-refractivity contribution in [3.8, 4) is 5.75 Å². The molecule has 2 heterocycles. The molecule has 1 aliphatic rings. The summed E-state index contributed by atoms with van der Waals surface area (Å²) in [5, 5.41) is 11.4. The molecule has 6 nitrogen and oxygen atoms in total. The van der Waals surface area contributed by atoms with Gasteiger partial charge < -0.3 is 19.2 Å². The third-order valence-corrected chi connectivity index (χ3v) is 5.27. The number of aliphatic hydroxyl groups is 1. The Bertz CT molecular complexity index is 1170. The fraction of sp³-hybridized carbons (Fsp3) is 0.130. The van der Waals surface area contributed by atoms with Crippen LogP contribution in [0.1, 0.15) is 22.9 Å². The number of aliphatic hydroxyl groups excluding tert-OH is 1. The molecule has 1 fully saturated rings. The van der Waals surface area contributed by atoms with Gasteiger partial charge in [0, 0.05) is 11.6 Å². The fourth-order valence-corrected chi connectivity index (χ4v) is 3.75. The van der Waals surface area contributed by atoms with Gasteiger partial charge in [0.25, 0.3) is 11.7 Å². The highest BCUT2D eigenvalue weighted by atomic mass is 35.5. The molecule has 4 rings (SSSR count). The second-order valence-electron chi connectivity index (χ2n) is 6.91. The minimum atomic E-state index is -0.983. The average molecular weight is 442 g/mol. The minimum absolute atomic E-state index is 0.0136. The molecule has 0 aliphatic carbocycles. The summed E-state index contributed by atoms with van der Waals surface area (Å²) in [6.45, 7) is 0.0136. The van der Waals surface area contributed by atoms with Crippen molar-refractivity contribution >= 4 is 29.1 Å². The number of hydrogen-bond acceptors (Lipinski definition) is 5. The van der Waals surface area contributed by atoms with Crippen molar-refractivity contribution in [3.05, 3.63) is 94.2 Å². The summed E-state index contributed by atoms with van der Waals surface area (Å²) in [4.78, 5) is 27.2. The predicted octanol–water partition coefficient (Wildman–Crippen LogP) is 4.70. The molecule has 1 aliphatic heterocycles. The van der Waals surface area contributed by atoms with Crippen molar-refractivity contribution in [1.82, 2.24) is 4.90 Å². The molecule has 0 saturated carbocycles. The van der Waals surface area contributed by atoms with Gasteiger partial charge >= 0.3 is 0 Å². The van der Waals surface area contributed by atoms with E-state index in [9.17, 15) is 19.1 Å². The van der Waals surface area contributed by atoms with E-state index < -0.39 is 29.3 Å². The van der Waals surface area contributed by atoms with Crippen molar-refractivity contribution in [3.63, 3.8) is 0 Å². The first-order valence-corrected chi connectivity index (χ1v) is 9.68. The van der Waals surface area contributed by atoms with Crippen molar-refractivity contribution in [2.45, 2.75) is 12.6 Å². The van der Waals surface area contributed by atoms with E-state index in [0.717, 1.165) is 0 Å². The number of Topliss-reactive ketones (excluding diaryl/α,β-unsaturated/α-hetero) is 1. The van der Waals surface area contributed by atoms with Gasteiger partial charge in [0.1, 0.15) is 29.1 Å². The van der Waals surface area contributed by atoms with E-state index in [1.807, 2.05) is 0 Å². The van der Waals surface area contributed by atoms with Gasteiger partial charge in [-0.1, -0.05) is 23.7 Å². The van der Waals surface area contributed by atoms with Gasteiger partial charge in [-0.15, -0.1) is 0 Å². The molecule has 1 N–H and O–H groups in total. The highest BCUT2D eigenvalue weighted by Gasteiger charge is 2.47. The smallest absolute Gasteiger partial charge is 0.296 e. The topological polar surface area (TPSA) is 80.0 Å². The number of halogens is 2. The molecule has 3 aromatic rings. The summed E-state index contributed by atoms with van der Waals surface area (Å²) >= 11 is 6.07. The second kappa shape index (κ2) is 8.28. The van der Waals surface area contributed by atoms with E-state index in [0.29, 0.717) is 16.3 Å². The molecular formula is C23H17ClFNO5. The molecule has 1 aromatic heterocycles. The third-order valence-electron chi connectivity index (χ3n) is 5.04. The molecular weight excluding hydrogens is 425 g/mol. The number of amides is 1. The Balaban J connectivity index is 1.86. The maximum absolute atomic E-state index is 13.3. The van der Waals surface area contributed by atoms with Gasteiger partial charge in [-0.05, 0) is 48.0 Å². The summed E-state index contributed by atoms with van der Waals surface area (Å²) in [6.07, 6.45) is 1.41. The van der Waals surface area contributed by atoms with Crippen LogP contribution in [0, 0.1) is 5.82 Å². The lowest BCUT2D eigenvalue weighted by Gasteiger charge is -2.23. The Morgan fingerprint density at radius 3 is 2.58 bits per heavy atom. The zero-order chi connectivity index (χ0) is 22.1. The maximum Gasteiger partial charge on any atom is 0.296 e.